The van der Waals surface area contributed by atoms with E-state index in [-0.39, 0.29) is 17.8 Å². The number of nitrogens with one attached hydrogen (secondary N) is 1. The second kappa shape index (κ2) is 8.10. The Bertz CT molecular complexity index is 1250. The highest BCUT2D eigenvalue weighted by molar-refractivity contribution is 6.07. The number of amides is 1. The maximum absolute atomic E-state index is 13.1. The molecule has 0 aliphatic heterocycles. The lowest BCUT2D eigenvalue weighted by Gasteiger charge is -2.11. The topological polar surface area (TPSA) is 136 Å². The van der Waals surface area contributed by atoms with Crippen LogP contribution in [-0.2, 0) is 17.8 Å². The van der Waals surface area contributed by atoms with E-state index in [1.54, 1.807) is 35.0 Å². The molecule has 0 aliphatic carbocycles. The van der Waals surface area contributed by atoms with Gasteiger partial charge in [0.15, 0.2) is 11.5 Å². The molecule has 1 amide bonds. The zero-order chi connectivity index (χ0) is 21.1. The molecular weight excluding hydrogens is 384 g/mol. The minimum absolute atomic E-state index is 0.160. The van der Waals surface area contributed by atoms with Crippen molar-refractivity contribution >= 4 is 23.1 Å². The summed E-state index contributed by atoms with van der Waals surface area (Å²) in [5.74, 6) is -1.16. The normalized spacial score (nSPS) is 10.8. The SMILES string of the molecule is NCc1cccc(-c2nc(C(=O)Nc3cccnc3CC(=O)O)c3cccn3n2)c1. The van der Waals surface area contributed by atoms with Gasteiger partial charge in [0.05, 0.1) is 23.3 Å². The summed E-state index contributed by atoms with van der Waals surface area (Å²) in [6, 6.07) is 14.2. The zero-order valence-corrected chi connectivity index (χ0v) is 15.8. The van der Waals surface area contributed by atoms with Crippen molar-refractivity contribution in [2.24, 2.45) is 5.73 Å². The number of hydrogen-bond donors (Lipinski definition) is 3. The molecule has 0 spiro atoms. The summed E-state index contributed by atoms with van der Waals surface area (Å²) in [7, 11) is 0. The molecule has 0 saturated heterocycles. The summed E-state index contributed by atoms with van der Waals surface area (Å²) < 4.78 is 1.58. The fourth-order valence-electron chi connectivity index (χ4n) is 3.08. The molecule has 30 heavy (non-hydrogen) atoms. The van der Waals surface area contributed by atoms with Crippen molar-refractivity contribution in [1.29, 1.82) is 0 Å². The Morgan fingerprint density at radius 3 is 2.80 bits per heavy atom. The second-order valence-corrected chi connectivity index (χ2v) is 6.55. The maximum atomic E-state index is 13.1. The number of aliphatic carboxylic acids is 1. The van der Waals surface area contributed by atoms with E-state index in [0.717, 1.165) is 11.1 Å². The number of carbonyl (C=O) groups is 2. The number of aromatic nitrogens is 4. The standard InChI is InChI=1S/C21H18N6O3/c22-12-13-4-1-5-14(10-13)20-25-19(17-7-3-9-27(17)26-20)21(30)24-15-6-2-8-23-16(15)11-18(28)29/h1-10H,11-12,22H2,(H,24,30)(H,28,29). The number of pyridine rings is 1. The van der Waals surface area contributed by atoms with Gasteiger partial charge < -0.3 is 16.2 Å². The van der Waals surface area contributed by atoms with Crippen LogP contribution in [0.2, 0.25) is 0 Å². The zero-order valence-electron chi connectivity index (χ0n) is 15.8. The molecule has 3 heterocycles. The molecule has 0 unspecified atom stereocenters. The van der Waals surface area contributed by atoms with Gasteiger partial charge in [0.25, 0.3) is 5.91 Å². The monoisotopic (exact) mass is 402 g/mol. The predicted molar refractivity (Wildman–Crippen MR) is 110 cm³/mol. The molecule has 9 heteroatoms. The van der Waals surface area contributed by atoms with E-state index in [9.17, 15) is 9.59 Å². The quantitative estimate of drug-likeness (QED) is 0.449. The smallest absolute Gasteiger partial charge is 0.309 e. The summed E-state index contributed by atoms with van der Waals surface area (Å²) in [5, 5.41) is 16.3. The number of nitrogens with zero attached hydrogens (tertiary/aromatic N) is 4. The average Bonchev–Trinajstić information content (AvgIpc) is 3.23. The third-order valence-corrected chi connectivity index (χ3v) is 4.48. The van der Waals surface area contributed by atoms with Gasteiger partial charge in [-0.3, -0.25) is 14.6 Å². The minimum Gasteiger partial charge on any atom is -0.481 e. The highest BCUT2D eigenvalue weighted by atomic mass is 16.4. The number of carbonyl (C=O) groups excluding carboxylic acids is 1. The van der Waals surface area contributed by atoms with Crippen LogP contribution in [0.25, 0.3) is 16.9 Å². The molecule has 150 valence electrons. The van der Waals surface area contributed by atoms with Crippen LogP contribution in [0.15, 0.2) is 60.9 Å². The number of benzene rings is 1. The summed E-state index contributed by atoms with van der Waals surface area (Å²) in [6.45, 7) is 0.375. The van der Waals surface area contributed by atoms with Crippen LogP contribution in [-0.4, -0.2) is 36.6 Å². The first kappa shape index (κ1) is 19.2. The van der Waals surface area contributed by atoms with E-state index < -0.39 is 11.9 Å². The lowest BCUT2D eigenvalue weighted by atomic mass is 10.1. The molecule has 0 bridgehead atoms. The van der Waals surface area contributed by atoms with Crippen molar-refractivity contribution in [3.63, 3.8) is 0 Å². The Hall–Kier alpha value is -4.11. The first-order chi connectivity index (χ1) is 14.5. The average molecular weight is 402 g/mol. The molecule has 0 saturated carbocycles. The van der Waals surface area contributed by atoms with Gasteiger partial charge in [0, 0.05) is 24.5 Å². The van der Waals surface area contributed by atoms with Gasteiger partial charge in [-0.25, -0.2) is 9.50 Å². The van der Waals surface area contributed by atoms with Crippen LogP contribution >= 0.6 is 0 Å². The van der Waals surface area contributed by atoms with Crippen LogP contribution < -0.4 is 11.1 Å². The number of rotatable bonds is 6. The lowest BCUT2D eigenvalue weighted by Crippen LogP contribution is -2.18. The molecule has 4 rings (SSSR count). The Balaban J connectivity index is 1.74. The van der Waals surface area contributed by atoms with Gasteiger partial charge >= 0.3 is 5.97 Å². The first-order valence-electron chi connectivity index (χ1n) is 9.17. The number of carboxylic acids is 1. The molecule has 0 fully saturated rings. The molecule has 0 aliphatic rings. The lowest BCUT2D eigenvalue weighted by molar-refractivity contribution is -0.136. The van der Waals surface area contributed by atoms with Gasteiger partial charge in [-0.2, -0.15) is 0 Å². The van der Waals surface area contributed by atoms with Crippen molar-refractivity contribution in [3.05, 3.63) is 77.9 Å². The van der Waals surface area contributed by atoms with Crippen molar-refractivity contribution in [2.75, 3.05) is 5.32 Å². The van der Waals surface area contributed by atoms with Gasteiger partial charge in [0.2, 0.25) is 0 Å². The van der Waals surface area contributed by atoms with Crippen LogP contribution in [0.1, 0.15) is 21.7 Å². The van der Waals surface area contributed by atoms with Gasteiger partial charge in [-0.15, -0.1) is 5.10 Å². The van der Waals surface area contributed by atoms with Crippen LogP contribution in [0.5, 0.6) is 0 Å². The van der Waals surface area contributed by atoms with Crippen molar-refractivity contribution in [1.82, 2.24) is 19.6 Å². The predicted octanol–water partition coefficient (Wildman–Crippen LogP) is 2.13. The van der Waals surface area contributed by atoms with Crippen molar-refractivity contribution in [3.8, 4) is 11.4 Å². The largest absolute Gasteiger partial charge is 0.481 e. The molecule has 9 nitrogen and oxygen atoms in total. The van der Waals surface area contributed by atoms with Gasteiger partial charge in [-0.05, 0) is 35.9 Å². The second-order valence-electron chi connectivity index (χ2n) is 6.55. The first-order valence-corrected chi connectivity index (χ1v) is 9.17. The fraction of sp³-hybridized carbons (Fsp3) is 0.0952. The van der Waals surface area contributed by atoms with E-state index in [2.05, 4.69) is 20.4 Å². The number of nitrogens with two attached hydrogens (primary N) is 1. The van der Waals surface area contributed by atoms with E-state index >= 15 is 0 Å². The summed E-state index contributed by atoms with van der Waals surface area (Å²) >= 11 is 0. The van der Waals surface area contributed by atoms with Crippen LogP contribution in [0.4, 0.5) is 5.69 Å². The third-order valence-electron chi connectivity index (χ3n) is 4.48. The number of carboxylic acid groups (broad SMARTS) is 1. The van der Waals surface area contributed by atoms with Gasteiger partial charge in [-0.1, -0.05) is 18.2 Å². The Morgan fingerprint density at radius 1 is 1.13 bits per heavy atom. The van der Waals surface area contributed by atoms with Crippen molar-refractivity contribution in [2.45, 2.75) is 13.0 Å². The van der Waals surface area contributed by atoms with Crippen LogP contribution in [0, 0.1) is 0 Å². The highest BCUT2D eigenvalue weighted by Crippen LogP contribution is 2.21. The van der Waals surface area contributed by atoms with E-state index in [1.165, 1.54) is 6.20 Å². The summed E-state index contributed by atoms with van der Waals surface area (Å²) in [5.41, 5.74) is 8.64. The van der Waals surface area contributed by atoms with Crippen LogP contribution in [0.3, 0.4) is 0 Å². The maximum Gasteiger partial charge on any atom is 0.309 e. The van der Waals surface area contributed by atoms with E-state index in [4.69, 9.17) is 10.8 Å². The number of fused-ring (bicyclic) bond motifs is 1. The number of anilines is 1. The molecule has 0 atom stereocenters. The molecule has 4 aromatic rings. The number of hydrogen-bond acceptors (Lipinski definition) is 6. The summed E-state index contributed by atoms with van der Waals surface area (Å²) in [6.07, 6.45) is 2.90. The van der Waals surface area contributed by atoms with E-state index in [1.807, 2.05) is 24.3 Å². The molecule has 4 N–H and O–H groups in total. The molecule has 3 aromatic heterocycles. The molecule has 0 radical (unpaired) electrons. The highest BCUT2D eigenvalue weighted by Gasteiger charge is 2.18. The Kier molecular flexibility index (Phi) is 5.19. The molecule has 1 aromatic carbocycles. The van der Waals surface area contributed by atoms with Gasteiger partial charge in [0.1, 0.15) is 0 Å². The fourth-order valence-corrected chi connectivity index (χ4v) is 3.08. The Morgan fingerprint density at radius 2 is 2.00 bits per heavy atom. The Labute approximate surface area is 171 Å². The van der Waals surface area contributed by atoms with E-state index in [0.29, 0.717) is 23.6 Å². The summed E-state index contributed by atoms with van der Waals surface area (Å²) in [4.78, 5) is 32.7. The molecular formula is C21H18N6O3. The van der Waals surface area contributed by atoms with Crippen molar-refractivity contribution < 1.29 is 14.7 Å². The third kappa shape index (κ3) is 3.87. The minimum atomic E-state index is -1.04.